The molecule has 2 heterocycles. The molecule has 186 valence electrons. The third kappa shape index (κ3) is 2.58. The highest BCUT2D eigenvalue weighted by atomic mass is 16.7. The number of rotatable bonds is 5. The van der Waals surface area contributed by atoms with Crippen LogP contribution in [-0.2, 0) is 24.4 Å². The molecular weight excluding hydrogens is 450 g/mol. The van der Waals surface area contributed by atoms with Crippen molar-refractivity contribution >= 4 is 5.97 Å². The molecule has 0 unspecified atom stereocenters. The van der Waals surface area contributed by atoms with Crippen LogP contribution in [0, 0.1) is 0 Å². The number of nitrogens with zero attached hydrogens (tertiary/aromatic N) is 1. The summed E-state index contributed by atoms with van der Waals surface area (Å²) < 4.78 is 30.8. The van der Waals surface area contributed by atoms with Crippen LogP contribution in [0.1, 0.15) is 46.9 Å². The molecule has 0 amide bonds. The van der Waals surface area contributed by atoms with E-state index >= 15 is 0 Å². The van der Waals surface area contributed by atoms with E-state index in [1.165, 1.54) is 0 Å². The van der Waals surface area contributed by atoms with Crippen molar-refractivity contribution in [3.8, 4) is 11.5 Å². The van der Waals surface area contributed by atoms with E-state index < -0.39 is 34.9 Å². The molecule has 2 aromatic carbocycles. The van der Waals surface area contributed by atoms with E-state index in [4.69, 9.17) is 23.7 Å². The lowest BCUT2D eigenvalue weighted by Crippen LogP contribution is -2.77. The zero-order chi connectivity index (χ0) is 24.6. The van der Waals surface area contributed by atoms with Gasteiger partial charge in [0.1, 0.15) is 12.2 Å². The minimum absolute atomic E-state index is 0.119. The number of esters is 1. The maximum atomic E-state index is 13.2. The number of methoxy groups -OCH3 is 3. The van der Waals surface area contributed by atoms with Gasteiger partial charge in [-0.3, -0.25) is 4.90 Å². The van der Waals surface area contributed by atoms with Crippen LogP contribution in [0.25, 0.3) is 0 Å². The van der Waals surface area contributed by atoms with Crippen molar-refractivity contribution in [3.05, 3.63) is 59.2 Å². The lowest BCUT2D eigenvalue weighted by molar-refractivity contribution is -0.338. The third-order valence-corrected chi connectivity index (χ3v) is 9.00. The third-order valence-electron chi connectivity index (χ3n) is 9.00. The highest BCUT2D eigenvalue weighted by Gasteiger charge is 2.83. The summed E-state index contributed by atoms with van der Waals surface area (Å²) in [5.41, 5.74) is 0.986. The average molecular weight is 482 g/mol. The van der Waals surface area contributed by atoms with Crippen LogP contribution in [0.15, 0.2) is 42.5 Å². The van der Waals surface area contributed by atoms with E-state index in [9.17, 15) is 9.90 Å². The number of likely N-dealkylation sites (N-methyl/N-ethyl adjacent to an activating group) is 1. The van der Waals surface area contributed by atoms with E-state index in [1.807, 2.05) is 12.1 Å². The molecular formula is C27H31NO7. The first-order valence-corrected chi connectivity index (χ1v) is 12.0. The zero-order valence-electron chi connectivity index (χ0n) is 20.4. The Balaban J connectivity index is 1.56. The summed E-state index contributed by atoms with van der Waals surface area (Å²) in [4.78, 5) is 15.5. The number of phenolic OH excluding ortho intramolecular Hbond substituents is 1. The molecule has 0 radical (unpaired) electrons. The Hall–Kier alpha value is -2.65. The fraction of sp³-hybridized carbons (Fsp3) is 0.519. The lowest BCUT2D eigenvalue weighted by Gasteiger charge is -2.61. The van der Waals surface area contributed by atoms with Gasteiger partial charge in [-0.05, 0) is 50.2 Å². The number of ether oxygens (including phenoxy) is 5. The van der Waals surface area contributed by atoms with Crippen molar-refractivity contribution in [1.29, 1.82) is 0 Å². The van der Waals surface area contributed by atoms with Gasteiger partial charge < -0.3 is 28.8 Å². The molecule has 2 saturated heterocycles. The summed E-state index contributed by atoms with van der Waals surface area (Å²) in [5.74, 6) is -1.11. The fourth-order valence-corrected chi connectivity index (χ4v) is 7.76. The first-order valence-electron chi connectivity index (χ1n) is 12.0. The summed E-state index contributed by atoms with van der Waals surface area (Å²) in [6.07, 6.45) is 0.254. The minimum Gasteiger partial charge on any atom is -0.504 e. The van der Waals surface area contributed by atoms with Crippen molar-refractivity contribution < 1.29 is 33.6 Å². The Bertz CT molecular complexity index is 1170. The monoisotopic (exact) mass is 481 g/mol. The Morgan fingerprint density at radius 3 is 2.57 bits per heavy atom. The van der Waals surface area contributed by atoms with Crippen molar-refractivity contribution in [3.63, 3.8) is 0 Å². The maximum Gasteiger partial charge on any atom is 0.338 e. The minimum atomic E-state index is -1.21. The van der Waals surface area contributed by atoms with Crippen LogP contribution >= 0.6 is 0 Å². The topological polar surface area (TPSA) is 86.7 Å². The molecule has 6 atom stereocenters. The predicted octanol–water partition coefficient (Wildman–Crippen LogP) is 3.17. The molecule has 4 aliphatic rings. The summed E-state index contributed by atoms with van der Waals surface area (Å²) in [7, 11) is 6.86. The van der Waals surface area contributed by atoms with E-state index in [0.29, 0.717) is 24.2 Å². The fourth-order valence-electron chi connectivity index (χ4n) is 7.76. The van der Waals surface area contributed by atoms with Crippen molar-refractivity contribution in [1.82, 2.24) is 4.90 Å². The van der Waals surface area contributed by atoms with Gasteiger partial charge in [0, 0.05) is 31.6 Å². The number of hydrogen-bond donors (Lipinski definition) is 1. The molecule has 2 aliphatic carbocycles. The normalized spacial score (nSPS) is 37.0. The van der Waals surface area contributed by atoms with Gasteiger partial charge in [0.25, 0.3) is 0 Å². The number of phenols is 1. The van der Waals surface area contributed by atoms with Crippen LogP contribution in [-0.4, -0.2) is 74.4 Å². The van der Waals surface area contributed by atoms with E-state index in [-0.39, 0.29) is 11.9 Å². The first kappa shape index (κ1) is 22.8. The van der Waals surface area contributed by atoms with E-state index in [2.05, 4.69) is 11.9 Å². The Kier molecular flexibility index (Phi) is 5.00. The number of benzene rings is 2. The standard InChI is InChI=1S/C27H31NO7/c1-28-13-12-25-14-20(34-24(30)16-8-6-5-7-9-16)23(32-3)27(33-4)26(25,28)15-19(35-27)17-10-11-18(31-2)22(29)21(17)25/h5-11,19-20,23,29H,12-15H2,1-4H3/t19-,20+,23+,25+,26+,27+/m1/s1. The molecule has 2 bridgehead atoms. The average Bonchev–Trinajstić information content (AvgIpc) is 3.38. The second-order valence-electron chi connectivity index (χ2n) is 10.0. The molecule has 8 heteroatoms. The van der Waals surface area contributed by atoms with Crippen LogP contribution in [0.5, 0.6) is 11.5 Å². The Morgan fingerprint density at radius 2 is 1.89 bits per heavy atom. The second kappa shape index (κ2) is 7.67. The summed E-state index contributed by atoms with van der Waals surface area (Å²) in [6.45, 7) is 0.771. The van der Waals surface area contributed by atoms with E-state index in [0.717, 1.165) is 24.1 Å². The van der Waals surface area contributed by atoms with Gasteiger partial charge in [0.15, 0.2) is 11.5 Å². The van der Waals surface area contributed by atoms with Crippen LogP contribution < -0.4 is 4.74 Å². The molecule has 1 saturated carbocycles. The predicted molar refractivity (Wildman–Crippen MR) is 126 cm³/mol. The quantitative estimate of drug-likeness (QED) is 0.652. The molecule has 6 rings (SSSR count). The number of likely N-dealkylation sites (tertiary alicyclic amines) is 1. The molecule has 2 aromatic rings. The van der Waals surface area contributed by atoms with Crippen molar-refractivity contribution in [2.24, 2.45) is 0 Å². The largest absolute Gasteiger partial charge is 0.504 e. The van der Waals surface area contributed by atoms with Crippen LogP contribution in [0.4, 0.5) is 0 Å². The second-order valence-corrected chi connectivity index (χ2v) is 10.0. The molecule has 2 aliphatic heterocycles. The van der Waals surface area contributed by atoms with Gasteiger partial charge in [-0.15, -0.1) is 0 Å². The number of carbonyl (C=O) groups excluding carboxylic acids is 1. The summed E-state index contributed by atoms with van der Waals surface area (Å²) in [6, 6.07) is 12.7. The molecule has 35 heavy (non-hydrogen) atoms. The van der Waals surface area contributed by atoms with E-state index in [1.54, 1.807) is 51.7 Å². The van der Waals surface area contributed by atoms with Gasteiger partial charge >= 0.3 is 5.97 Å². The zero-order valence-corrected chi connectivity index (χ0v) is 20.4. The maximum absolute atomic E-state index is 13.2. The van der Waals surface area contributed by atoms with Gasteiger partial charge in [-0.2, -0.15) is 0 Å². The molecule has 1 spiro atoms. The first-order chi connectivity index (χ1) is 16.9. The van der Waals surface area contributed by atoms with Crippen LogP contribution in [0.2, 0.25) is 0 Å². The van der Waals surface area contributed by atoms with Crippen molar-refractivity contribution in [2.45, 2.75) is 54.3 Å². The SMILES string of the molecule is COc1ccc2c(c1O)[C@@]13CCN(C)[C@@]14C[C@H]2O[C@@]4(OC)[C@@H](OC)[C@@H](OC(=O)c1ccccc1)C3. The molecule has 8 nitrogen and oxygen atoms in total. The van der Waals surface area contributed by atoms with Gasteiger partial charge in [0.05, 0.1) is 24.3 Å². The number of aromatic hydroxyl groups is 1. The lowest BCUT2D eigenvalue weighted by atomic mass is 9.50. The summed E-state index contributed by atoms with van der Waals surface area (Å²) in [5, 5.41) is 11.5. The Morgan fingerprint density at radius 1 is 1.11 bits per heavy atom. The number of fused-ring (bicyclic) bond motifs is 3. The number of carbonyl (C=O) groups is 1. The highest BCUT2D eigenvalue weighted by molar-refractivity contribution is 5.89. The molecule has 0 aromatic heterocycles. The van der Waals surface area contributed by atoms with Gasteiger partial charge in [0.2, 0.25) is 5.79 Å². The smallest absolute Gasteiger partial charge is 0.338 e. The summed E-state index contributed by atoms with van der Waals surface area (Å²) >= 11 is 0. The number of hydrogen-bond acceptors (Lipinski definition) is 8. The van der Waals surface area contributed by atoms with Crippen molar-refractivity contribution in [2.75, 3.05) is 34.9 Å². The van der Waals surface area contributed by atoms with Gasteiger partial charge in [-0.25, -0.2) is 4.79 Å². The van der Waals surface area contributed by atoms with Gasteiger partial charge in [-0.1, -0.05) is 24.3 Å². The molecule has 3 fully saturated rings. The Labute approximate surface area is 204 Å². The molecule has 1 N–H and O–H groups in total. The van der Waals surface area contributed by atoms with Crippen LogP contribution in [0.3, 0.4) is 0 Å². The highest BCUT2D eigenvalue weighted by Crippen LogP contribution is 2.73.